The van der Waals surface area contributed by atoms with Crippen molar-refractivity contribution in [2.24, 2.45) is 0 Å². The molecule has 1 atom stereocenters. The fraction of sp³-hybridized carbons (Fsp3) is 0.786. The van der Waals surface area contributed by atoms with Crippen LogP contribution in [0.25, 0.3) is 0 Å². The average Bonchev–Trinajstić information content (AvgIpc) is 2.87. The van der Waals surface area contributed by atoms with Crippen molar-refractivity contribution < 1.29 is 4.74 Å². The number of methoxy groups -OCH3 is 1. The van der Waals surface area contributed by atoms with Crippen molar-refractivity contribution in [3.05, 3.63) is 16.1 Å². The Bertz CT molecular complexity index is 346. The van der Waals surface area contributed by atoms with E-state index in [0.29, 0.717) is 11.9 Å². The Balaban J connectivity index is 2.21. The average molecular weight is 305 g/mol. The van der Waals surface area contributed by atoms with Gasteiger partial charge in [0.2, 0.25) is 0 Å². The second-order valence-corrected chi connectivity index (χ2v) is 5.97. The third kappa shape index (κ3) is 6.21. The molecule has 0 amide bonds. The molecule has 0 aromatic carbocycles. The van der Waals surface area contributed by atoms with Crippen molar-refractivity contribution in [1.82, 2.24) is 9.88 Å². The van der Waals surface area contributed by atoms with Crippen molar-refractivity contribution in [1.29, 1.82) is 0 Å². The Labute approximate surface area is 125 Å². The van der Waals surface area contributed by atoms with Gasteiger partial charge in [-0.25, -0.2) is 4.98 Å². The highest BCUT2D eigenvalue weighted by Gasteiger charge is 2.11. The number of ether oxygens (including phenoxy) is 1. The molecule has 0 aliphatic carbocycles. The summed E-state index contributed by atoms with van der Waals surface area (Å²) in [6, 6.07) is 0.498. The first-order chi connectivity index (χ1) is 9.21. The van der Waals surface area contributed by atoms with Crippen LogP contribution in [0.3, 0.4) is 0 Å². The van der Waals surface area contributed by atoms with Crippen LogP contribution in [0.15, 0.2) is 5.38 Å². The van der Waals surface area contributed by atoms with Gasteiger partial charge in [0.05, 0.1) is 23.2 Å². The monoisotopic (exact) mass is 304 g/mol. The summed E-state index contributed by atoms with van der Waals surface area (Å²) in [5.41, 5.74) is 1.01. The predicted molar refractivity (Wildman–Crippen MR) is 83.2 cm³/mol. The van der Waals surface area contributed by atoms with E-state index >= 15 is 0 Å². The number of thiazole rings is 1. The van der Waals surface area contributed by atoms with Gasteiger partial charge in [0.1, 0.15) is 0 Å². The molecule has 5 heteroatoms. The van der Waals surface area contributed by atoms with Crippen molar-refractivity contribution in [3.63, 3.8) is 0 Å². The van der Waals surface area contributed by atoms with Gasteiger partial charge in [0.25, 0.3) is 0 Å². The lowest BCUT2D eigenvalue weighted by atomic mass is 10.2. The zero-order chi connectivity index (χ0) is 14.1. The standard InChI is InChI=1S/C14H25ClN2OS/c1-4-17(12(2)10-18-3)8-6-5-7-14-16-13(9-15)11-19-14/h11-12H,4-10H2,1-3H3. The van der Waals surface area contributed by atoms with Crippen LogP contribution in [0.5, 0.6) is 0 Å². The highest BCUT2D eigenvalue weighted by molar-refractivity contribution is 7.09. The molecular formula is C14H25ClN2OS. The van der Waals surface area contributed by atoms with Crippen LogP contribution in [0.2, 0.25) is 0 Å². The molecule has 1 heterocycles. The van der Waals surface area contributed by atoms with Crippen LogP contribution >= 0.6 is 22.9 Å². The number of nitrogens with zero attached hydrogens (tertiary/aromatic N) is 2. The molecule has 0 bridgehead atoms. The van der Waals surface area contributed by atoms with Crippen LogP contribution in [-0.4, -0.2) is 42.7 Å². The molecule has 0 fully saturated rings. The summed E-state index contributed by atoms with van der Waals surface area (Å²) in [6.07, 6.45) is 3.46. The topological polar surface area (TPSA) is 25.4 Å². The predicted octanol–water partition coefficient (Wildman–Crippen LogP) is 3.56. The first-order valence-electron chi connectivity index (χ1n) is 6.93. The minimum absolute atomic E-state index is 0.498. The van der Waals surface area contributed by atoms with E-state index in [1.807, 2.05) is 0 Å². The van der Waals surface area contributed by atoms with E-state index in [-0.39, 0.29) is 0 Å². The summed E-state index contributed by atoms with van der Waals surface area (Å²) in [4.78, 5) is 6.95. The summed E-state index contributed by atoms with van der Waals surface area (Å²) < 4.78 is 5.21. The Morgan fingerprint density at radius 3 is 2.84 bits per heavy atom. The number of aryl methyl sites for hydroxylation is 1. The van der Waals surface area contributed by atoms with Gasteiger partial charge in [-0.3, -0.25) is 4.90 Å². The molecule has 19 heavy (non-hydrogen) atoms. The van der Waals surface area contributed by atoms with Crippen molar-refractivity contribution in [2.75, 3.05) is 26.8 Å². The Kier molecular flexibility index (Phi) is 8.62. The maximum absolute atomic E-state index is 5.75. The fourth-order valence-electron chi connectivity index (χ4n) is 2.15. The molecule has 0 spiro atoms. The SMILES string of the molecule is CCN(CCCCc1nc(CCl)cs1)C(C)COC. The molecule has 0 saturated heterocycles. The summed E-state index contributed by atoms with van der Waals surface area (Å²) in [7, 11) is 1.77. The van der Waals surface area contributed by atoms with Crippen molar-refractivity contribution in [2.45, 2.75) is 45.0 Å². The third-order valence-electron chi connectivity index (χ3n) is 3.26. The van der Waals surface area contributed by atoms with Gasteiger partial charge in [-0.1, -0.05) is 6.92 Å². The number of unbranched alkanes of at least 4 members (excludes halogenated alkanes) is 1. The van der Waals surface area contributed by atoms with Gasteiger partial charge in [0.15, 0.2) is 0 Å². The largest absolute Gasteiger partial charge is 0.383 e. The first-order valence-corrected chi connectivity index (χ1v) is 8.34. The molecule has 1 rings (SSSR count). The summed E-state index contributed by atoms with van der Waals surface area (Å²) in [5.74, 6) is 0.522. The molecule has 0 aliphatic heterocycles. The molecule has 0 radical (unpaired) electrons. The number of rotatable bonds is 10. The van der Waals surface area contributed by atoms with E-state index in [0.717, 1.165) is 31.8 Å². The second kappa shape index (κ2) is 9.70. The van der Waals surface area contributed by atoms with E-state index in [9.17, 15) is 0 Å². The summed E-state index contributed by atoms with van der Waals surface area (Å²) >= 11 is 7.48. The number of likely N-dealkylation sites (N-methyl/N-ethyl adjacent to an activating group) is 1. The van der Waals surface area contributed by atoms with E-state index in [2.05, 4.69) is 29.1 Å². The lowest BCUT2D eigenvalue weighted by Gasteiger charge is -2.27. The third-order valence-corrected chi connectivity index (χ3v) is 4.49. The van der Waals surface area contributed by atoms with Crippen LogP contribution in [0.1, 0.15) is 37.4 Å². The molecule has 1 aromatic rings. The normalized spacial score (nSPS) is 13.1. The van der Waals surface area contributed by atoms with Crippen LogP contribution in [-0.2, 0) is 17.0 Å². The zero-order valence-corrected chi connectivity index (χ0v) is 13.8. The maximum Gasteiger partial charge on any atom is 0.0928 e. The number of alkyl halides is 1. The highest BCUT2D eigenvalue weighted by atomic mass is 35.5. The molecule has 0 N–H and O–H groups in total. The number of aromatic nitrogens is 1. The van der Waals surface area contributed by atoms with Gasteiger partial charge < -0.3 is 4.74 Å². The van der Waals surface area contributed by atoms with Gasteiger partial charge in [-0.15, -0.1) is 22.9 Å². The number of halogens is 1. The molecule has 110 valence electrons. The number of hydrogen-bond acceptors (Lipinski definition) is 4. The lowest BCUT2D eigenvalue weighted by Crippen LogP contribution is -2.36. The smallest absolute Gasteiger partial charge is 0.0928 e. The molecule has 1 aromatic heterocycles. The fourth-order valence-corrected chi connectivity index (χ4v) is 3.22. The highest BCUT2D eigenvalue weighted by Crippen LogP contribution is 2.14. The molecular weight excluding hydrogens is 280 g/mol. The summed E-state index contributed by atoms with van der Waals surface area (Å²) in [6.45, 7) is 7.45. The summed E-state index contributed by atoms with van der Waals surface area (Å²) in [5, 5.41) is 3.27. The van der Waals surface area contributed by atoms with Gasteiger partial charge in [-0.05, 0) is 39.3 Å². The van der Waals surface area contributed by atoms with Crippen LogP contribution in [0, 0.1) is 0 Å². The zero-order valence-electron chi connectivity index (χ0n) is 12.2. The minimum Gasteiger partial charge on any atom is -0.383 e. The van der Waals surface area contributed by atoms with E-state index < -0.39 is 0 Å². The Hall–Kier alpha value is -0.160. The first kappa shape index (κ1) is 16.9. The van der Waals surface area contributed by atoms with E-state index in [4.69, 9.17) is 16.3 Å². The molecule has 1 unspecified atom stereocenters. The van der Waals surface area contributed by atoms with Crippen molar-refractivity contribution in [3.8, 4) is 0 Å². The van der Waals surface area contributed by atoms with Crippen LogP contribution < -0.4 is 0 Å². The number of hydrogen-bond donors (Lipinski definition) is 0. The maximum atomic E-state index is 5.75. The second-order valence-electron chi connectivity index (χ2n) is 4.76. The minimum atomic E-state index is 0.498. The quantitative estimate of drug-likeness (QED) is 0.488. The molecule has 0 aliphatic rings. The molecule has 0 saturated carbocycles. The van der Waals surface area contributed by atoms with E-state index in [1.54, 1.807) is 18.4 Å². The van der Waals surface area contributed by atoms with Gasteiger partial charge >= 0.3 is 0 Å². The Morgan fingerprint density at radius 2 is 2.26 bits per heavy atom. The molecule has 3 nitrogen and oxygen atoms in total. The van der Waals surface area contributed by atoms with Crippen molar-refractivity contribution >= 4 is 22.9 Å². The lowest BCUT2D eigenvalue weighted by molar-refractivity contribution is 0.101. The van der Waals surface area contributed by atoms with Crippen LogP contribution in [0.4, 0.5) is 0 Å². The van der Waals surface area contributed by atoms with Gasteiger partial charge in [-0.2, -0.15) is 0 Å². The van der Waals surface area contributed by atoms with Gasteiger partial charge in [0, 0.05) is 18.5 Å². The Morgan fingerprint density at radius 1 is 1.47 bits per heavy atom. The van der Waals surface area contributed by atoms with E-state index in [1.165, 1.54) is 17.8 Å².